The SMILES string of the molecule is O=C(O)C1CC(O)CN1C(=O)C1NCCc2ccccc21. The number of carbonyl (C=O) groups excluding carboxylic acids is 1. The number of hydrogen-bond donors (Lipinski definition) is 3. The predicted octanol–water partition coefficient (Wildman–Crippen LogP) is -0.0802. The first-order valence-electron chi connectivity index (χ1n) is 7.10. The second-order valence-corrected chi connectivity index (χ2v) is 5.57. The predicted molar refractivity (Wildman–Crippen MR) is 74.7 cm³/mol. The van der Waals surface area contributed by atoms with E-state index in [4.69, 9.17) is 0 Å². The fourth-order valence-electron chi connectivity index (χ4n) is 3.18. The highest BCUT2D eigenvalue weighted by atomic mass is 16.4. The quantitative estimate of drug-likeness (QED) is 0.709. The maximum Gasteiger partial charge on any atom is 0.326 e. The Labute approximate surface area is 122 Å². The monoisotopic (exact) mass is 290 g/mol. The van der Waals surface area contributed by atoms with Crippen LogP contribution in [0, 0.1) is 0 Å². The fraction of sp³-hybridized carbons (Fsp3) is 0.467. The number of aliphatic hydroxyl groups excluding tert-OH is 1. The molecule has 1 aromatic carbocycles. The summed E-state index contributed by atoms with van der Waals surface area (Å²) in [5, 5.41) is 22.1. The summed E-state index contributed by atoms with van der Waals surface area (Å²) >= 11 is 0. The smallest absolute Gasteiger partial charge is 0.326 e. The topological polar surface area (TPSA) is 89.9 Å². The van der Waals surface area contributed by atoms with Gasteiger partial charge >= 0.3 is 5.97 Å². The number of nitrogens with zero attached hydrogens (tertiary/aromatic N) is 1. The highest BCUT2D eigenvalue weighted by Crippen LogP contribution is 2.28. The van der Waals surface area contributed by atoms with Crippen molar-refractivity contribution in [1.82, 2.24) is 10.2 Å². The van der Waals surface area contributed by atoms with Crippen LogP contribution < -0.4 is 5.32 Å². The zero-order valence-electron chi connectivity index (χ0n) is 11.5. The molecular formula is C15H18N2O4. The van der Waals surface area contributed by atoms with Crippen molar-refractivity contribution in [2.75, 3.05) is 13.1 Å². The van der Waals surface area contributed by atoms with Gasteiger partial charge in [0.15, 0.2) is 0 Å². The number of amides is 1. The van der Waals surface area contributed by atoms with Gasteiger partial charge in [-0.2, -0.15) is 0 Å². The van der Waals surface area contributed by atoms with E-state index in [9.17, 15) is 19.8 Å². The lowest BCUT2D eigenvalue weighted by Gasteiger charge is -2.31. The van der Waals surface area contributed by atoms with Gasteiger partial charge in [0.1, 0.15) is 12.1 Å². The first-order valence-corrected chi connectivity index (χ1v) is 7.10. The molecule has 1 fully saturated rings. The van der Waals surface area contributed by atoms with E-state index < -0.39 is 24.2 Å². The Balaban J connectivity index is 1.87. The average Bonchev–Trinajstić information content (AvgIpc) is 2.88. The van der Waals surface area contributed by atoms with E-state index in [-0.39, 0.29) is 18.9 Å². The second-order valence-electron chi connectivity index (χ2n) is 5.57. The van der Waals surface area contributed by atoms with Crippen molar-refractivity contribution in [3.8, 4) is 0 Å². The number of likely N-dealkylation sites (tertiary alicyclic amines) is 1. The molecule has 3 rings (SSSR count). The number of benzene rings is 1. The molecule has 112 valence electrons. The lowest BCUT2D eigenvalue weighted by molar-refractivity contribution is -0.149. The first-order chi connectivity index (χ1) is 10.1. The van der Waals surface area contributed by atoms with Crippen molar-refractivity contribution in [2.24, 2.45) is 0 Å². The minimum absolute atomic E-state index is 0.0795. The number of carboxylic acid groups (broad SMARTS) is 1. The molecule has 0 saturated carbocycles. The van der Waals surface area contributed by atoms with Crippen molar-refractivity contribution >= 4 is 11.9 Å². The molecule has 0 bridgehead atoms. The van der Waals surface area contributed by atoms with Gasteiger partial charge in [-0.3, -0.25) is 4.79 Å². The molecule has 3 atom stereocenters. The van der Waals surface area contributed by atoms with Gasteiger partial charge in [0.2, 0.25) is 5.91 Å². The van der Waals surface area contributed by atoms with Crippen LogP contribution in [0.25, 0.3) is 0 Å². The van der Waals surface area contributed by atoms with E-state index in [1.54, 1.807) is 0 Å². The molecular weight excluding hydrogens is 272 g/mol. The van der Waals surface area contributed by atoms with Crippen LogP contribution in [-0.4, -0.2) is 52.2 Å². The van der Waals surface area contributed by atoms with Gasteiger partial charge in [0.25, 0.3) is 0 Å². The number of hydrogen-bond acceptors (Lipinski definition) is 4. The van der Waals surface area contributed by atoms with Gasteiger partial charge in [-0.15, -0.1) is 0 Å². The molecule has 2 heterocycles. The van der Waals surface area contributed by atoms with Crippen molar-refractivity contribution < 1.29 is 19.8 Å². The van der Waals surface area contributed by atoms with Crippen LogP contribution in [0.2, 0.25) is 0 Å². The summed E-state index contributed by atoms with van der Waals surface area (Å²) in [5.41, 5.74) is 2.01. The van der Waals surface area contributed by atoms with Crippen LogP contribution in [-0.2, 0) is 16.0 Å². The third kappa shape index (κ3) is 2.52. The summed E-state index contributed by atoms with van der Waals surface area (Å²) < 4.78 is 0. The minimum Gasteiger partial charge on any atom is -0.480 e. The number of nitrogens with one attached hydrogen (secondary N) is 1. The normalized spacial score (nSPS) is 28.2. The van der Waals surface area contributed by atoms with E-state index in [1.807, 2.05) is 24.3 Å². The van der Waals surface area contributed by atoms with Crippen LogP contribution in [0.4, 0.5) is 0 Å². The molecule has 1 aromatic rings. The van der Waals surface area contributed by atoms with Crippen LogP contribution in [0.5, 0.6) is 0 Å². The standard InChI is InChI=1S/C15H18N2O4/c18-10-7-12(15(20)21)17(8-10)14(19)13-11-4-2-1-3-9(11)5-6-16-13/h1-4,10,12-13,16,18H,5-8H2,(H,20,21). The summed E-state index contributed by atoms with van der Waals surface area (Å²) in [6, 6.07) is 6.23. The molecule has 1 saturated heterocycles. The Morgan fingerprint density at radius 1 is 1.29 bits per heavy atom. The molecule has 0 spiro atoms. The number of aliphatic carboxylic acids is 1. The molecule has 3 unspecified atom stereocenters. The largest absolute Gasteiger partial charge is 0.480 e. The Kier molecular flexibility index (Phi) is 3.65. The Hall–Kier alpha value is -1.92. The number of carboxylic acids is 1. The second kappa shape index (κ2) is 5.46. The van der Waals surface area contributed by atoms with Gasteiger partial charge in [0, 0.05) is 19.5 Å². The minimum atomic E-state index is -1.07. The van der Waals surface area contributed by atoms with Crippen LogP contribution >= 0.6 is 0 Å². The van der Waals surface area contributed by atoms with E-state index in [1.165, 1.54) is 4.90 Å². The Morgan fingerprint density at radius 3 is 2.81 bits per heavy atom. The summed E-state index contributed by atoms with van der Waals surface area (Å²) in [4.78, 5) is 25.3. The molecule has 0 radical (unpaired) electrons. The molecule has 1 amide bonds. The molecule has 2 aliphatic heterocycles. The lowest BCUT2D eigenvalue weighted by Crippen LogP contribution is -2.48. The van der Waals surface area contributed by atoms with Crippen LogP contribution in [0.3, 0.4) is 0 Å². The first kappa shape index (κ1) is 14.0. The third-order valence-electron chi connectivity index (χ3n) is 4.20. The molecule has 21 heavy (non-hydrogen) atoms. The van der Waals surface area contributed by atoms with E-state index in [0.717, 1.165) is 17.5 Å². The molecule has 0 aromatic heterocycles. The molecule has 3 N–H and O–H groups in total. The molecule has 6 heteroatoms. The number of carbonyl (C=O) groups is 2. The third-order valence-corrected chi connectivity index (χ3v) is 4.20. The van der Waals surface area contributed by atoms with Crippen molar-refractivity contribution in [3.63, 3.8) is 0 Å². The summed E-state index contributed by atoms with van der Waals surface area (Å²) in [6.07, 6.45) is 0.175. The summed E-state index contributed by atoms with van der Waals surface area (Å²) in [7, 11) is 0. The maximum absolute atomic E-state index is 12.7. The van der Waals surface area contributed by atoms with Gasteiger partial charge in [-0.25, -0.2) is 4.79 Å². The van der Waals surface area contributed by atoms with Crippen molar-refractivity contribution in [2.45, 2.75) is 31.0 Å². The van der Waals surface area contributed by atoms with E-state index in [0.29, 0.717) is 6.54 Å². The zero-order valence-corrected chi connectivity index (χ0v) is 11.5. The summed E-state index contributed by atoms with van der Waals surface area (Å²) in [5.74, 6) is -1.34. The molecule has 0 aliphatic carbocycles. The number of aliphatic hydroxyl groups is 1. The fourth-order valence-corrected chi connectivity index (χ4v) is 3.18. The van der Waals surface area contributed by atoms with Gasteiger partial charge in [-0.05, 0) is 17.5 Å². The highest BCUT2D eigenvalue weighted by Gasteiger charge is 2.42. The Bertz CT molecular complexity index is 575. The number of β-amino-alcohol motifs (C(OH)–C–C–N with tert-alkyl or cyclic N) is 1. The number of fused-ring (bicyclic) bond motifs is 1. The zero-order chi connectivity index (χ0) is 15.0. The van der Waals surface area contributed by atoms with Crippen molar-refractivity contribution in [1.29, 1.82) is 0 Å². The van der Waals surface area contributed by atoms with E-state index >= 15 is 0 Å². The van der Waals surface area contributed by atoms with Crippen molar-refractivity contribution in [3.05, 3.63) is 35.4 Å². The van der Waals surface area contributed by atoms with Gasteiger partial charge in [-0.1, -0.05) is 24.3 Å². The maximum atomic E-state index is 12.7. The molecule has 2 aliphatic rings. The van der Waals surface area contributed by atoms with Gasteiger partial charge < -0.3 is 20.4 Å². The lowest BCUT2D eigenvalue weighted by atomic mass is 9.93. The van der Waals surface area contributed by atoms with E-state index in [2.05, 4.69) is 5.32 Å². The summed E-state index contributed by atoms with van der Waals surface area (Å²) in [6.45, 7) is 0.762. The Morgan fingerprint density at radius 2 is 2.05 bits per heavy atom. The number of rotatable bonds is 2. The van der Waals surface area contributed by atoms with Crippen LogP contribution in [0.1, 0.15) is 23.6 Å². The highest BCUT2D eigenvalue weighted by molar-refractivity contribution is 5.89. The van der Waals surface area contributed by atoms with Gasteiger partial charge in [0.05, 0.1) is 6.10 Å². The van der Waals surface area contributed by atoms with Crippen LogP contribution in [0.15, 0.2) is 24.3 Å². The average molecular weight is 290 g/mol. The molecule has 6 nitrogen and oxygen atoms in total.